The van der Waals surface area contributed by atoms with Crippen molar-refractivity contribution < 1.29 is 23.9 Å². The molecular weight excluding hydrogens is 396 g/mol. The number of nitrogens with zero attached hydrogens (tertiary/aromatic N) is 1. The highest BCUT2D eigenvalue weighted by atomic mass is 35.5. The normalized spacial score (nSPS) is 15.7. The number of imide groups is 2. The van der Waals surface area contributed by atoms with E-state index in [1.165, 1.54) is 19.3 Å². The third kappa shape index (κ3) is 4.41. The fourth-order valence-electron chi connectivity index (χ4n) is 2.80. The number of barbiturate groups is 1. The molecule has 150 valence electrons. The first-order valence-electron chi connectivity index (χ1n) is 8.82. The molecule has 0 atom stereocenters. The van der Waals surface area contributed by atoms with Gasteiger partial charge in [0.15, 0.2) is 11.5 Å². The topological polar surface area (TPSA) is 84.9 Å². The number of carbonyl (C=O) groups is 3. The number of urea groups is 1. The van der Waals surface area contributed by atoms with Gasteiger partial charge >= 0.3 is 6.03 Å². The van der Waals surface area contributed by atoms with E-state index >= 15 is 0 Å². The van der Waals surface area contributed by atoms with Crippen LogP contribution in [-0.4, -0.2) is 31.1 Å². The molecule has 3 rings (SSSR count). The summed E-state index contributed by atoms with van der Waals surface area (Å²) in [6.07, 6.45) is 1.35. The van der Waals surface area contributed by atoms with Gasteiger partial charge in [0, 0.05) is 5.02 Å². The lowest BCUT2D eigenvalue weighted by Gasteiger charge is -2.26. The Morgan fingerprint density at radius 1 is 1.07 bits per heavy atom. The molecule has 0 radical (unpaired) electrons. The lowest BCUT2D eigenvalue weighted by molar-refractivity contribution is -0.122. The number of ether oxygens (including phenoxy) is 2. The molecule has 4 amide bonds. The van der Waals surface area contributed by atoms with E-state index in [4.69, 9.17) is 21.1 Å². The van der Waals surface area contributed by atoms with Gasteiger partial charge < -0.3 is 9.47 Å². The van der Waals surface area contributed by atoms with Gasteiger partial charge in [0.1, 0.15) is 5.57 Å². The highest BCUT2D eigenvalue weighted by Crippen LogP contribution is 2.30. The lowest BCUT2D eigenvalue weighted by Crippen LogP contribution is -2.54. The molecular formula is C21H19ClN2O5. The van der Waals surface area contributed by atoms with Gasteiger partial charge in [0.25, 0.3) is 11.8 Å². The number of hydrogen-bond donors (Lipinski definition) is 1. The van der Waals surface area contributed by atoms with Crippen LogP contribution in [0.4, 0.5) is 10.5 Å². The van der Waals surface area contributed by atoms with Gasteiger partial charge in [-0.25, -0.2) is 9.69 Å². The van der Waals surface area contributed by atoms with E-state index in [-0.39, 0.29) is 17.4 Å². The Morgan fingerprint density at radius 2 is 1.83 bits per heavy atom. The van der Waals surface area contributed by atoms with Crippen LogP contribution in [0.5, 0.6) is 11.5 Å². The second-order valence-electron chi connectivity index (χ2n) is 6.51. The molecule has 1 aliphatic heterocycles. The summed E-state index contributed by atoms with van der Waals surface area (Å²) in [6, 6.07) is 10.4. The zero-order chi connectivity index (χ0) is 21.1. The fourth-order valence-corrected chi connectivity index (χ4v) is 2.98. The molecule has 1 saturated heterocycles. The molecule has 0 unspecified atom stereocenters. The molecule has 29 heavy (non-hydrogen) atoms. The molecule has 0 spiro atoms. The summed E-state index contributed by atoms with van der Waals surface area (Å²) in [5, 5.41) is 2.53. The van der Waals surface area contributed by atoms with E-state index in [1.807, 2.05) is 13.8 Å². The number of carbonyl (C=O) groups excluding carboxylic acids is 3. The molecule has 1 heterocycles. The van der Waals surface area contributed by atoms with Gasteiger partial charge in [-0.1, -0.05) is 23.7 Å². The van der Waals surface area contributed by atoms with E-state index < -0.39 is 17.8 Å². The summed E-state index contributed by atoms with van der Waals surface area (Å²) in [7, 11) is 1.50. The first kappa shape index (κ1) is 20.4. The monoisotopic (exact) mass is 414 g/mol. The van der Waals surface area contributed by atoms with Crippen LogP contribution >= 0.6 is 11.6 Å². The second kappa shape index (κ2) is 8.36. The van der Waals surface area contributed by atoms with E-state index in [0.717, 1.165) is 4.90 Å². The largest absolute Gasteiger partial charge is 0.493 e. The summed E-state index contributed by atoms with van der Waals surface area (Å²) in [4.78, 5) is 38.3. The molecule has 2 aromatic rings. The average molecular weight is 415 g/mol. The quantitative estimate of drug-likeness (QED) is 0.594. The van der Waals surface area contributed by atoms with Crippen LogP contribution in [0.3, 0.4) is 0 Å². The van der Waals surface area contributed by atoms with Crippen molar-refractivity contribution in [3.05, 3.63) is 58.6 Å². The number of nitrogens with one attached hydrogen (secondary N) is 1. The molecule has 1 fully saturated rings. The van der Waals surface area contributed by atoms with E-state index in [9.17, 15) is 14.4 Å². The first-order valence-corrected chi connectivity index (χ1v) is 9.19. The maximum absolute atomic E-state index is 12.9. The van der Waals surface area contributed by atoms with Crippen LogP contribution < -0.4 is 19.7 Å². The van der Waals surface area contributed by atoms with E-state index in [0.29, 0.717) is 22.1 Å². The van der Waals surface area contributed by atoms with Crippen LogP contribution in [0.25, 0.3) is 6.08 Å². The minimum Gasteiger partial charge on any atom is -0.493 e. The summed E-state index contributed by atoms with van der Waals surface area (Å²) < 4.78 is 11.0. The van der Waals surface area contributed by atoms with Gasteiger partial charge in [0.05, 0.1) is 18.9 Å². The number of rotatable bonds is 5. The standard InChI is InChI=1S/C21H19ClN2O5/c1-12(2)29-17-8-7-13(10-18(17)28-3)9-16-19(25)23-21(27)24(20(16)26)15-6-4-5-14(22)11-15/h4-12H,1-3H3,(H,23,25,27)/b16-9+. The highest BCUT2D eigenvalue weighted by molar-refractivity contribution is 6.39. The van der Waals surface area contributed by atoms with Gasteiger partial charge in [0.2, 0.25) is 0 Å². The predicted octanol–water partition coefficient (Wildman–Crippen LogP) is 3.80. The Bertz CT molecular complexity index is 1020. The Hall–Kier alpha value is -3.32. The van der Waals surface area contributed by atoms with Gasteiger partial charge in [-0.15, -0.1) is 0 Å². The third-order valence-corrected chi connectivity index (χ3v) is 4.26. The third-order valence-electron chi connectivity index (χ3n) is 4.03. The minimum atomic E-state index is -0.835. The van der Waals surface area contributed by atoms with Crippen LogP contribution in [-0.2, 0) is 9.59 Å². The number of hydrogen-bond acceptors (Lipinski definition) is 5. The van der Waals surface area contributed by atoms with Crippen LogP contribution in [0.2, 0.25) is 5.02 Å². The molecule has 1 aliphatic rings. The van der Waals surface area contributed by atoms with Crippen molar-refractivity contribution in [1.82, 2.24) is 5.32 Å². The zero-order valence-corrected chi connectivity index (χ0v) is 16.8. The van der Waals surface area contributed by atoms with Crippen LogP contribution in [0, 0.1) is 0 Å². The molecule has 7 nitrogen and oxygen atoms in total. The molecule has 2 aromatic carbocycles. The Balaban J connectivity index is 1.98. The maximum atomic E-state index is 12.9. The van der Waals surface area contributed by atoms with Crippen molar-refractivity contribution in [1.29, 1.82) is 0 Å². The van der Waals surface area contributed by atoms with Crippen molar-refractivity contribution in [3.63, 3.8) is 0 Å². The van der Waals surface area contributed by atoms with Crippen molar-refractivity contribution in [2.75, 3.05) is 12.0 Å². The molecule has 0 aliphatic carbocycles. The van der Waals surface area contributed by atoms with E-state index in [1.54, 1.807) is 36.4 Å². The van der Waals surface area contributed by atoms with Gasteiger partial charge in [-0.05, 0) is 55.8 Å². The zero-order valence-electron chi connectivity index (χ0n) is 16.1. The Morgan fingerprint density at radius 3 is 2.48 bits per heavy atom. The Labute approximate surface area is 172 Å². The second-order valence-corrected chi connectivity index (χ2v) is 6.95. The van der Waals surface area contributed by atoms with Gasteiger partial charge in [-0.3, -0.25) is 14.9 Å². The summed E-state index contributed by atoms with van der Waals surface area (Å²) in [6.45, 7) is 3.78. The first-order chi connectivity index (χ1) is 13.8. The lowest BCUT2D eigenvalue weighted by atomic mass is 10.1. The number of methoxy groups -OCH3 is 1. The van der Waals surface area contributed by atoms with Crippen molar-refractivity contribution in [2.24, 2.45) is 0 Å². The summed E-state index contributed by atoms with van der Waals surface area (Å²) in [5.74, 6) is -0.526. The molecule has 0 saturated carbocycles. The van der Waals surface area contributed by atoms with Crippen LogP contribution in [0.15, 0.2) is 48.0 Å². The number of benzene rings is 2. The predicted molar refractivity (Wildman–Crippen MR) is 109 cm³/mol. The smallest absolute Gasteiger partial charge is 0.335 e. The number of anilines is 1. The van der Waals surface area contributed by atoms with Crippen molar-refractivity contribution in [2.45, 2.75) is 20.0 Å². The van der Waals surface area contributed by atoms with Crippen LogP contribution in [0.1, 0.15) is 19.4 Å². The number of amides is 4. The van der Waals surface area contributed by atoms with E-state index in [2.05, 4.69) is 5.32 Å². The SMILES string of the molecule is COc1cc(/C=C2\C(=O)NC(=O)N(c3cccc(Cl)c3)C2=O)ccc1OC(C)C. The maximum Gasteiger partial charge on any atom is 0.335 e. The van der Waals surface area contributed by atoms with Crippen molar-refractivity contribution in [3.8, 4) is 11.5 Å². The van der Waals surface area contributed by atoms with Crippen molar-refractivity contribution >= 4 is 41.2 Å². The summed E-state index contributed by atoms with van der Waals surface area (Å²) >= 11 is 5.96. The average Bonchev–Trinajstić information content (AvgIpc) is 2.65. The number of halogens is 1. The fraction of sp³-hybridized carbons (Fsp3) is 0.190. The highest BCUT2D eigenvalue weighted by Gasteiger charge is 2.36. The Kier molecular flexibility index (Phi) is 5.89. The minimum absolute atomic E-state index is 0.0453. The summed E-state index contributed by atoms with van der Waals surface area (Å²) in [5.41, 5.74) is 0.609. The molecule has 1 N–H and O–H groups in total. The van der Waals surface area contributed by atoms with Gasteiger partial charge in [-0.2, -0.15) is 0 Å². The molecule has 8 heteroatoms. The molecule has 0 bridgehead atoms. The molecule has 0 aromatic heterocycles.